The van der Waals surface area contributed by atoms with Gasteiger partial charge >= 0.3 is 0 Å². The Kier molecular flexibility index (Phi) is 6.22. The van der Waals surface area contributed by atoms with E-state index in [0.29, 0.717) is 20.8 Å². The Morgan fingerprint density at radius 1 is 1.33 bits per heavy atom. The van der Waals surface area contributed by atoms with Crippen molar-refractivity contribution in [3.8, 4) is 0 Å². The molecule has 1 amide bonds. The van der Waals surface area contributed by atoms with Gasteiger partial charge in [-0.1, -0.05) is 48.1 Å². The molecule has 0 aliphatic carbocycles. The van der Waals surface area contributed by atoms with Gasteiger partial charge in [-0.2, -0.15) is 0 Å². The molecule has 0 saturated carbocycles. The van der Waals surface area contributed by atoms with Crippen LogP contribution in [0, 0.1) is 0 Å². The molecule has 1 rings (SSSR count). The summed E-state index contributed by atoms with van der Waals surface area (Å²) in [5, 5.41) is 3.70. The Morgan fingerprint density at radius 2 is 1.89 bits per heavy atom. The zero-order valence-electron chi connectivity index (χ0n) is 9.97. The maximum absolute atomic E-state index is 11.7. The summed E-state index contributed by atoms with van der Waals surface area (Å²) in [5.41, 5.74) is 6.16. The van der Waals surface area contributed by atoms with E-state index >= 15 is 0 Å². The van der Waals surface area contributed by atoms with Crippen LogP contribution < -0.4 is 11.1 Å². The van der Waals surface area contributed by atoms with Crippen LogP contribution in [0.4, 0.5) is 5.69 Å². The summed E-state index contributed by atoms with van der Waals surface area (Å²) in [5.74, 6) is -0.206. The van der Waals surface area contributed by atoms with E-state index in [-0.39, 0.29) is 18.4 Å². The fraction of sp³-hybridized carbons (Fsp3) is 0.417. The molecule has 0 bridgehead atoms. The van der Waals surface area contributed by atoms with Gasteiger partial charge in [0.15, 0.2) is 0 Å². The Morgan fingerprint density at radius 3 is 2.39 bits per heavy atom. The van der Waals surface area contributed by atoms with E-state index in [1.165, 1.54) is 12.1 Å². The van der Waals surface area contributed by atoms with Gasteiger partial charge in [-0.3, -0.25) is 4.79 Å². The van der Waals surface area contributed by atoms with Crippen molar-refractivity contribution in [2.24, 2.45) is 5.73 Å². The van der Waals surface area contributed by atoms with Gasteiger partial charge in [-0.15, -0.1) is 0 Å². The molecule has 100 valence electrons. The Balaban J connectivity index is 2.70. The average Bonchev–Trinajstić information content (AvgIpc) is 2.23. The lowest BCUT2D eigenvalue weighted by Crippen LogP contribution is -2.27. The highest BCUT2D eigenvalue weighted by Gasteiger charge is 2.13. The number of hydrogen-bond acceptors (Lipinski definition) is 2. The number of carbonyl (C=O) groups excluding carboxylic acids is 1. The monoisotopic (exact) mass is 308 g/mol. The zero-order chi connectivity index (χ0) is 13.7. The molecule has 0 fully saturated rings. The number of halogens is 3. The van der Waals surface area contributed by atoms with Gasteiger partial charge in [0, 0.05) is 17.5 Å². The first-order chi connectivity index (χ1) is 8.43. The third kappa shape index (κ3) is 4.65. The van der Waals surface area contributed by atoms with Gasteiger partial charge in [0.05, 0.1) is 15.7 Å². The van der Waals surface area contributed by atoms with E-state index in [1.807, 2.05) is 6.92 Å². The van der Waals surface area contributed by atoms with Crippen LogP contribution in [0.2, 0.25) is 15.1 Å². The topological polar surface area (TPSA) is 55.1 Å². The lowest BCUT2D eigenvalue weighted by atomic mass is 10.1. The highest BCUT2D eigenvalue weighted by Crippen LogP contribution is 2.33. The molecule has 0 aromatic heterocycles. The van der Waals surface area contributed by atoms with Gasteiger partial charge in [0.1, 0.15) is 0 Å². The number of anilines is 1. The van der Waals surface area contributed by atoms with Crippen molar-refractivity contribution in [2.45, 2.75) is 32.2 Å². The quantitative estimate of drug-likeness (QED) is 0.860. The molecular weight excluding hydrogens is 295 g/mol. The van der Waals surface area contributed by atoms with E-state index in [9.17, 15) is 4.79 Å². The first kappa shape index (κ1) is 15.6. The van der Waals surface area contributed by atoms with Crippen LogP contribution >= 0.6 is 34.8 Å². The summed E-state index contributed by atoms with van der Waals surface area (Å²) in [6, 6.07) is 2.90. The van der Waals surface area contributed by atoms with Crippen molar-refractivity contribution >= 4 is 46.4 Å². The van der Waals surface area contributed by atoms with Crippen molar-refractivity contribution < 1.29 is 4.79 Å². The molecule has 18 heavy (non-hydrogen) atoms. The van der Waals surface area contributed by atoms with Crippen LogP contribution in [0.5, 0.6) is 0 Å². The molecule has 0 radical (unpaired) electrons. The zero-order valence-corrected chi connectivity index (χ0v) is 12.2. The SMILES string of the molecule is CCCC(N)CC(=O)Nc1c(Cl)cc(Cl)cc1Cl. The van der Waals surface area contributed by atoms with Crippen molar-refractivity contribution in [2.75, 3.05) is 5.32 Å². The third-order valence-corrected chi connectivity index (χ3v) is 3.19. The lowest BCUT2D eigenvalue weighted by molar-refractivity contribution is -0.116. The molecule has 0 aliphatic heterocycles. The molecule has 1 aromatic carbocycles. The summed E-state index contributed by atoms with van der Waals surface area (Å²) in [7, 11) is 0. The van der Waals surface area contributed by atoms with E-state index in [1.54, 1.807) is 0 Å². The Labute approximate surface area is 122 Å². The number of carbonyl (C=O) groups is 1. The van der Waals surface area contributed by atoms with E-state index in [0.717, 1.165) is 12.8 Å². The maximum Gasteiger partial charge on any atom is 0.226 e. The molecule has 0 spiro atoms. The molecule has 6 heteroatoms. The van der Waals surface area contributed by atoms with Crippen LogP contribution in [-0.4, -0.2) is 11.9 Å². The minimum absolute atomic E-state index is 0.153. The smallest absolute Gasteiger partial charge is 0.226 e. The van der Waals surface area contributed by atoms with E-state index < -0.39 is 0 Å². The molecule has 1 aromatic rings. The van der Waals surface area contributed by atoms with E-state index in [2.05, 4.69) is 5.32 Å². The second-order valence-corrected chi connectivity index (χ2v) is 5.30. The minimum Gasteiger partial charge on any atom is -0.327 e. The number of benzene rings is 1. The standard InChI is InChI=1S/C12H15Cl3N2O/c1-2-3-8(16)6-11(18)17-12-9(14)4-7(13)5-10(12)15/h4-5,8H,2-3,6,16H2,1H3,(H,17,18). The van der Waals surface area contributed by atoms with Crippen molar-refractivity contribution in [3.05, 3.63) is 27.2 Å². The van der Waals surface area contributed by atoms with Crippen molar-refractivity contribution in [1.29, 1.82) is 0 Å². The molecule has 0 heterocycles. The van der Waals surface area contributed by atoms with Crippen LogP contribution in [0.25, 0.3) is 0 Å². The summed E-state index contributed by atoms with van der Waals surface area (Å²) in [6.07, 6.45) is 1.98. The highest BCUT2D eigenvalue weighted by atomic mass is 35.5. The number of nitrogens with one attached hydrogen (secondary N) is 1. The number of amides is 1. The van der Waals surface area contributed by atoms with Gasteiger partial charge < -0.3 is 11.1 Å². The highest BCUT2D eigenvalue weighted by molar-refractivity contribution is 6.42. The Hall–Kier alpha value is -0.480. The lowest BCUT2D eigenvalue weighted by Gasteiger charge is -2.12. The summed E-state index contributed by atoms with van der Waals surface area (Å²) in [6.45, 7) is 2.02. The summed E-state index contributed by atoms with van der Waals surface area (Å²) < 4.78 is 0. The van der Waals surface area contributed by atoms with Crippen LogP contribution in [0.3, 0.4) is 0 Å². The number of rotatable bonds is 5. The fourth-order valence-corrected chi connectivity index (χ4v) is 2.47. The third-order valence-electron chi connectivity index (χ3n) is 2.38. The first-order valence-electron chi connectivity index (χ1n) is 5.64. The maximum atomic E-state index is 11.7. The number of nitrogens with two attached hydrogens (primary N) is 1. The minimum atomic E-state index is -0.206. The molecular formula is C12H15Cl3N2O. The average molecular weight is 310 g/mol. The predicted octanol–water partition coefficient (Wildman–Crippen LogP) is 4.10. The molecule has 0 saturated heterocycles. The first-order valence-corrected chi connectivity index (χ1v) is 6.77. The van der Waals surface area contributed by atoms with Gasteiger partial charge in [-0.25, -0.2) is 0 Å². The molecule has 1 atom stereocenters. The number of hydrogen-bond donors (Lipinski definition) is 2. The van der Waals surface area contributed by atoms with E-state index in [4.69, 9.17) is 40.5 Å². The van der Waals surface area contributed by atoms with Gasteiger partial charge in [-0.05, 0) is 18.6 Å². The fourth-order valence-electron chi connectivity index (χ4n) is 1.56. The second-order valence-electron chi connectivity index (χ2n) is 4.05. The van der Waals surface area contributed by atoms with Gasteiger partial charge in [0.25, 0.3) is 0 Å². The molecule has 1 unspecified atom stereocenters. The molecule has 3 nitrogen and oxygen atoms in total. The largest absolute Gasteiger partial charge is 0.327 e. The van der Waals surface area contributed by atoms with Crippen LogP contribution in [-0.2, 0) is 4.79 Å². The van der Waals surface area contributed by atoms with Crippen molar-refractivity contribution in [3.63, 3.8) is 0 Å². The van der Waals surface area contributed by atoms with Crippen LogP contribution in [0.1, 0.15) is 26.2 Å². The molecule has 0 aliphatic rings. The second kappa shape index (κ2) is 7.19. The Bertz CT molecular complexity index is 414. The van der Waals surface area contributed by atoms with Crippen molar-refractivity contribution in [1.82, 2.24) is 0 Å². The molecule has 3 N–H and O–H groups in total. The summed E-state index contributed by atoms with van der Waals surface area (Å²) >= 11 is 17.7. The predicted molar refractivity (Wildman–Crippen MR) is 77.6 cm³/mol. The summed E-state index contributed by atoms with van der Waals surface area (Å²) in [4.78, 5) is 11.7. The normalized spacial score (nSPS) is 12.3. The van der Waals surface area contributed by atoms with Crippen LogP contribution in [0.15, 0.2) is 12.1 Å². The van der Waals surface area contributed by atoms with Gasteiger partial charge in [0.2, 0.25) is 5.91 Å².